The molecule has 3 rings (SSSR count). The van der Waals surface area contributed by atoms with Crippen LogP contribution in [-0.4, -0.2) is 17.1 Å². The van der Waals surface area contributed by atoms with Crippen molar-refractivity contribution in [3.8, 4) is 0 Å². The first-order chi connectivity index (χ1) is 9.66. The van der Waals surface area contributed by atoms with Crippen LogP contribution >= 0.6 is 22.9 Å². The summed E-state index contributed by atoms with van der Waals surface area (Å²) in [6.07, 6.45) is 3.89. The Kier molecular flexibility index (Phi) is 4.32. The van der Waals surface area contributed by atoms with Crippen molar-refractivity contribution in [2.75, 3.05) is 0 Å². The van der Waals surface area contributed by atoms with Gasteiger partial charge in [0.1, 0.15) is 0 Å². The van der Waals surface area contributed by atoms with Crippen molar-refractivity contribution in [2.24, 2.45) is 0 Å². The van der Waals surface area contributed by atoms with Gasteiger partial charge in [0.2, 0.25) is 0 Å². The van der Waals surface area contributed by atoms with Gasteiger partial charge < -0.3 is 0 Å². The lowest BCUT2D eigenvalue weighted by Crippen LogP contribution is -2.51. The second kappa shape index (κ2) is 6.02. The summed E-state index contributed by atoms with van der Waals surface area (Å²) in [5.41, 5.74) is 3.60. The zero-order valence-corrected chi connectivity index (χ0v) is 13.6. The van der Waals surface area contributed by atoms with Crippen molar-refractivity contribution in [3.05, 3.63) is 34.2 Å². The number of fused-ring (bicyclic) bond motifs is 1. The van der Waals surface area contributed by atoms with E-state index >= 15 is 0 Å². The highest BCUT2D eigenvalue weighted by Gasteiger charge is 2.24. The van der Waals surface area contributed by atoms with Gasteiger partial charge in [-0.15, -0.1) is 11.3 Å². The third-order valence-electron chi connectivity index (χ3n) is 4.22. The van der Waals surface area contributed by atoms with Crippen LogP contribution in [0, 0.1) is 0 Å². The lowest BCUT2D eigenvalue weighted by molar-refractivity contribution is 0.0439. The summed E-state index contributed by atoms with van der Waals surface area (Å²) in [6.45, 7) is 5.43. The predicted molar refractivity (Wildman–Crippen MR) is 88.3 cm³/mol. The first-order valence-electron chi connectivity index (χ1n) is 7.34. The number of halogens is 1. The number of thiophene rings is 1. The van der Waals surface area contributed by atoms with Crippen LogP contribution in [-0.2, 0) is 6.54 Å². The van der Waals surface area contributed by atoms with Crippen LogP contribution in [0.25, 0.3) is 10.1 Å². The fourth-order valence-electron chi connectivity index (χ4n) is 3.07. The number of hydrazine groups is 1. The van der Waals surface area contributed by atoms with Crippen molar-refractivity contribution in [3.63, 3.8) is 0 Å². The van der Waals surface area contributed by atoms with Crippen LogP contribution in [0.1, 0.15) is 38.0 Å². The third-order valence-corrected chi connectivity index (χ3v) is 5.93. The van der Waals surface area contributed by atoms with Gasteiger partial charge in [-0.2, -0.15) is 0 Å². The molecule has 0 spiro atoms. The molecule has 1 aliphatic heterocycles. The molecule has 2 heterocycles. The topological polar surface area (TPSA) is 15.3 Å². The molecule has 0 amide bonds. The van der Waals surface area contributed by atoms with Crippen LogP contribution in [0.15, 0.2) is 24.3 Å². The van der Waals surface area contributed by atoms with E-state index in [2.05, 4.69) is 42.5 Å². The van der Waals surface area contributed by atoms with Gasteiger partial charge in [0.05, 0.1) is 5.02 Å². The van der Waals surface area contributed by atoms with E-state index in [0.717, 1.165) is 11.6 Å². The molecule has 2 nitrogen and oxygen atoms in total. The highest BCUT2D eigenvalue weighted by molar-refractivity contribution is 7.19. The Morgan fingerprint density at radius 3 is 2.65 bits per heavy atom. The van der Waals surface area contributed by atoms with Crippen molar-refractivity contribution in [1.82, 2.24) is 10.4 Å². The van der Waals surface area contributed by atoms with Crippen molar-refractivity contribution >= 4 is 33.0 Å². The molecule has 2 aromatic rings. The van der Waals surface area contributed by atoms with E-state index in [1.165, 1.54) is 34.2 Å². The minimum absolute atomic E-state index is 0.604. The lowest BCUT2D eigenvalue weighted by atomic mass is 10.00. The standard InChI is InChI=1S/C16H21ClN2S/c1-11-6-5-7-12(2)19(11)18-10-15-16(17)13-8-3-4-9-14(13)20-15/h3-4,8-9,11-12,18H,5-7,10H2,1-2H3. The summed E-state index contributed by atoms with van der Waals surface area (Å²) in [5, 5.41) is 4.50. The molecule has 1 aromatic heterocycles. The predicted octanol–water partition coefficient (Wildman–Crippen LogP) is 4.82. The molecule has 4 heteroatoms. The van der Waals surface area contributed by atoms with E-state index in [1.54, 1.807) is 11.3 Å². The highest BCUT2D eigenvalue weighted by Crippen LogP contribution is 2.35. The second-order valence-electron chi connectivity index (χ2n) is 5.71. The molecular formula is C16H21ClN2S. The SMILES string of the molecule is CC1CCCC(C)N1NCc1sc2ccccc2c1Cl. The molecule has 1 aliphatic rings. The van der Waals surface area contributed by atoms with Gasteiger partial charge in [-0.1, -0.05) is 36.2 Å². The van der Waals surface area contributed by atoms with E-state index in [9.17, 15) is 0 Å². The lowest BCUT2D eigenvalue weighted by Gasteiger charge is -2.39. The van der Waals surface area contributed by atoms with Crippen molar-refractivity contribution < 1.29 is 0 Å². The molecular weight excluding hydrogens is 288 g/mol. The van der Waals surface area contributed by atoms with Crippen LogP contribution in [0.3, 0.4) is 0 Å². The monoisotopic (exact) mass is 308 g/mol. The van der Waals surface area contributed by atoms with Crippen LogP contribution < -0.4 is 5.43 Å². The minimum Gasteiger partial charge on any atom is -0.249 e. The number of nitrogens with one attached hydrogen (secondary N) is 1. The minimum atomic E-state index is 0.604. The number of hydrogen-bond donors (Lipinski definition) is 1. The van der Waals surface area contributed by atoms with Gasteiger partial charge in [-0.05, 0) is 32.8 Å². The third kappa shape index (κ3) is 2.73. The Bertz CT molecular complexity index is 585. The van der Waals surface area contributed by atoms with Crippen LogP contribution in [0.5, 0.6) is 0 Å². The molecule has 2 unspecified atom stereocenters. The normalized spacial score (nSPS) is 24.4. The van der Waals surface area contributed by atoms with Gasteiger partial charge in [0.25, 0.3) is 0 Å². The summed E-state index contributed by atoms with van der Waals surface area (Å²) >= 11 is 8.29. The van der Waals surface area contributed by atoms with Gasteiger partial charge in [0.15, 0.2) is 0 Å². The summed E-state index contributed by atoms with van der Waals surface area (Å²) in [6, 6.07) is 9.57. The van der Waals surface area contributed by atoms with E-state index < -0.39 is 0 Å². The number of nitrogens with zero attached hydrogens (tertiary/aromatic N) is 1. The molecule has 1 aromatic carbocycles. The van der Waals surface area contributed by atoms with Gasteiger partial charge in [-0.25, -0.2) is 10.4 Å². The van der Waals surface area contributed by atoms with Crippen molar-refractivity contribution in [2.45, 2.75) is 51.7 Å². The number of benzene rings is 1. The fraction of sp³-hybridized carbons (Fsp3) is 0.500. The second-order valence-corrected chi connectivity index (χ2v) is 7.22. The molecule has 20 heavy (non-hydrogen) atoms. The van der Waals surface area contributed by atoms with Gasteiger partial charge >= 0.3 is 0 Å². The number of piperidine rings is 1. The molecule has 0 aliphatic carbocycles. The summed E-state index contributed by atoms with van der Waals surface area (Å²) in [5.74, 6) is 0. The Labute approximate surface area is 129 Å². The Morgan fingerprint density at radius 2 is 1.95 bits per heavy atom. The maximum Gasteiger partial charge on any atom is 0.0637 e. The van der Waals surface area contributed by atoms with E-state index in [0.29, 0.717) is 12.1 Å². The van der Waals surface area contributed by atoms with Gasteiger partial charge in [-0.3, -0.25) is 0 Å². The van der Waals surface area contributed by atoms with E-state index in [-0.39, 0.29) is 0 Å². The average molecular weight is 309 g/mol. The Balaban J connectivity index is 1.75. The van der Waals surface area contributed by atoms with E-state index in [4.69, 9.17) is 11.6 Å². The zero-order valence-electron chi connectivity index (χ0n) is 12.0. The number of hydrogen-bond acceptors (Lipinski definition) is 3. The molecule has 1 fully saturated rings. The molecule has 0 saturated carbocycles. The summed E-state index contributed by atoms with van der Waals surface area (Å²) in [7, 11) is 0. The first-order valence-corrected chi connectivity index (χ1v) is 8.54. The quantitative estimate of drug-likeness (QED) is 0.874. The zero-order chi connectivity index (χ0) is 14.1. The maximum absolute atomic E-state index is 6.50. The fourth-order valence-corrected chi connectivity index (χ4v) is 4.51. The summed E-state index contributed by atoms with van der Waals surface area (Å²) in [4.78, 5) is 1.23. The molecule has 0 bridgehead atoms. The highest BCUT2D eigenvalue weighted by atomic mass is 35.5. The molecule has 2 atom stereocenters. The molecule has 1 saturated heterocycles. The number of rotatable bonds is 3. The van der Waals surface area contributed by atoms with Crippen LogP contribution in [0.4, 0.5) is 0 Å². The Morgan fingerprint density at radius 1 is 1.25 bits per heavy atom. The largest absolute Gasteiger partial charge is 0.249 e. The average Bonchev–Trinajstić information content (AvgIpc) is 2.76. The van der Waals surface area contributed by atoms with Gasteiger partial charge in [0, 0.05) is 33.6 Å². The Hall–Kier alpha value is -0.610. The maximum atomic E-state index is 6.50. The first kappa shape index (κ1) is 14.3. The smallest absolute Gasteiger partial charge is 0.0637 e. The van der Waals surface area contributed by atoms with Crippen LogP contribution in [0.2, 0.25) is 5.02 Å². The van der Waals surface area contributed by atoms with Crippen molar-refractivity contribution in [1.29, 1.82) is 0 Å². The van der Waals surface area contributed by atoms with E-state index in [1.807, 2.05) is 6.07 Å². The summed E-state index contributed by atoms with van der Waals surface area (Å²) < 4.78 is 1.27. The molecule has 1 N–H and O–H groups in total. The molecule has 0 radical (unpaired) electrons. The molecule has 108 valence electrons.